The number of H-pyrrole nitrogens is 1. The van der Waals surface area contributed by atoms with Gasteiger partial charge in [-0.3, -0.25) is 4.79 Å². The molecule has 1 saturated heterocycles. The third-order valence-corrected chi connectivity index (χ3v) is 4.83. The molecule has 1 fully saturated rings. The minimum absolute atomic E-state index is 0.0343. The summed E-state index contributed by atoms with van der Waals surface area (Å²) in [4.78, 5) is 15.5. The molecule has 0 bridgehead atoms. The van der Waals surface area contributed by atoms with Gasteiger partial charge in [-0.25, -0.2) is 5.10 Å². The maximum absolute atomic E-state index is 12.6. The van der Waals surface area contributed by atoms with Crippen LogP contribution in [0.15, 0.2) is 47.5 Å². The summed E-state index contributed by atoms with van der Waals surface area (Å²) >= 11 is 6.10. The highest BCUT2D eigenvalue weighted by Crippen LogP contribution is 2.31. The van der Waals surface area contributed by atoms with Gasteiger partial charge in [-0.05, 0) is 13.0 Å². The van der Waals surface area contributed by atoms with Crippen molar-refractivity contribution in [3.8, 4) is 5.75 Å². The van der Waals surface area contributed by atoms with Gasteiger partial charge >= 0.3 is 6.36 Å². The van der Waals surface area contributed by atoms with Gasteiger partial charge in [0.15, 0.2) is 0 Å². The lowest BCUT2D eigenvalue weighted by Gasteiger charge is -2.43. The van der Waals surface area contributed by atoms with Crippen LogP contribution in [0.25, 0.3) is 0 Å². The van der Waals surface area contributed by atoms with E-state index in [4.69, 9.17) is 11.6 Å². The zero-order chi connectivity index (χ0) is 20.5. The van der Waals surface area contributed by atoms with Crippen molar-refractivity contribution < 1.29 is 17.9 Å². The Labute approximate surface area is 164 Å². The number of hydrogen-bond donors (Lipinski definition) is 1. The van der Waals surface area contributed by atoms with E-state index in [2.05, 4.69) is 21.5 Å². The highest BCUT2D eigenvalue weighted by Gasteiger charge is 2.33. The lowest BCUT2D eigenvalue weighted by Crippen LogP contribution is -2.50. The van der Waals surface area contributed by atoms with Gasteiger partial charge in [0, 0.05) is 30.4 Å². The summed E-state index contributed by atoms with van der Waals surface area (Å²) in [5.41, 5.74) is 1.07. The monoisotopic (exact) mass is 414 g/mol. The number of benzene rings is 1. The van der Waals surface area contributed by atoms with Gasteiger partial charge in [-0.2, -0.15) is 5.10 Å². The molecular weight excluding hydrogens is 397 g/mol. The van der Waals surface area contributed by atoms with Crippen molar-refractivity contribution in [2.45, 2.75) is 25.9 Å². The Morgan fingerprint density at radius 1 is 1.39 bits per heavy atom. The fourth-order valence-corrected chi connectivity index (χ4v) is 3.34. The van der Waals surface area contributed by atoms with Crippen molar-refractivity contribution in [1.29, 1.82) is 0 Å². The summed E-state index contributed by atoms with van der Waals surface area (Å²) in [5.74, 6) is -0.236. The third kappa shape index (κ3) is 4.41. The van der Waals surface area contributed by atoms with Crippen LogP contribution in [0.4, 0.5) is 18.9 Å². The average molecular weight is 415 g/mol. The van der Waals surface area contributed by atoms with Crippen LogP contribution in [-0.4, -0.2) is 40.6 Å². The van der Waals surface area contributed by atoms with E-state index >= 15 is 0 Å². The quantitative estimate of drug-likeness (QED) is 0.829. The minimum atomic E-state index is -4.76. The van der Waals surface area contributed by atoms with Gasteiger partial charge in [-0.15, -0.1) is 13.2 Å². The molecule has 1 aliphatic rings. The zero-order valence-corrected chi connectivity index (χ0v) is 15.7. The molecule has 0 aliphatic carbocycles. The summed E-state index contributed by atoms with van der Waals surface area (Å²) in [7, 11) is 0. The molecule has 10 heteroatoms. The number of nitrogens with zero attached hydrogens (tertiary/aromatic N) is 3. The largest absolute Gasteiger partial charge is 0.573 e. The van der Waals surface area contributed by atoms with Crippen molar-refractivity contribution in [1.82, 2.24) is 15.1 Å². The van der Waals surface area contributed by atoms with Crippen LogP contribution in [0.5, 0.6) is 5.75 Å². The highest BCUT2D eigenvalue weighted by atomic mass is 35.5. The van der Waals surface area contributed by atoms with E-state index in [0.29, 0.717) is 30.0 Å². The van der Waals surface area contributed by atoms with Gasteiger partial charge in [0.25, 0.3) is 5.56 Å². The van der Waals surface area contributed by atoms with Crippen LogP contribution in [0.3, 0.4) is 0 Å². The molecule has 3 rings (SSSR count). The van der Waals surface area contributed by atoms with Crippen LogP contribution >= 0.6 is 11.6 Å². The van der Waals surface area contributed by atoms with Gasteiger partial charge < -0.3 is 14.5 Å². The van der Waals surface area contributed by atoms with Gasteiger partial charge in [0.2, 0.25) is 0 Å². The Morgan fingerprint density at radius 2 is 2.11 bits per heavy atom. The molecule has 2 aromatic rings. The number of rotatable bonds is 4. The molecule has 1 aromatic heterocycles. The predicted molar refractivity (Wildman–Crippen MR) is 99.4 cm³/mol. The molecule has 1 aliphatic heterocycles. The van der Waals surface area contributed by atoms with Crippen LogP contribution in [-0.2, 0) is 6.54 Å². The van der Waals surface area contributed by atoms with Crippen molar-refractivity contribution in [2.75, 3.05) is 18.0 Å². The number of hydrogen-bond acceptors (Lipinski definition) is 5. The van der Waals surface area contributed by atoms with Crippen LogP contribution in [0, 0.1) is 0 Å². The van der Waals surface area contributed by atoms with E-state index in [9.17, 15) is 18.0 Å². The number of halogens is 4. The third-order valence-electron chi connectivity index (χ3n) is 4.46. The van der Waals surface area contributed by atoms with Gasteiger partial charge in [-0.1, -0.05) is 36.4 Å². The molecule has 1 N–H and O–H groups in total. The Balaban J connectivity index is 1.78. The normalized spacial score (nSPS) is 17.8. The number of nitrogens with one attached hydrogen (secondary N) is 1. The summed E-state index contributed by atoms with van der Waals surface area (Å²) in [5, 5.41) is 6.09. The molecule has 2 heterocycles. The summed E-state index contributed by atoms with van der Waals surface area (Å²) in [6.07, 6.45) is -3.29. The van der Waals surface area contributed by atoms with E-state index < -0.39 is 11.9 Å². The second kappa shape index (κ2) is 7.75. The van der Waals surface area contributed by atoms with E-state index in [1.807, 2.05) is 16.7 Å². The molecule has 0 spiro atoms. The molecule has 150 valence electrons. The lowest BCUT2D eigenvalue weighted by atomic mass is 10.1. The molecule has 0 saturated carbocycles. The smallest absolute Gasteiger partial charge is 0.405 e. The first-order valence-electron chi connectivity index (χ1n) is 8.42. The lowest BCUT2D eigenvalue weighted by molar-refractivity contribution is -0.275. The SMILES string of the molecule is C=C1CN(c2cn[nH]c(=O)c2Cl)[C@H](C)CN1Cc1ccccc1OC(F)(F)F. The first-order chi connectivity index (χ1) is 13.2. The van der Waals surface area contributed by atoms with E-state index in [0.717, 1.165) is 0 Å². The van der Waals surface area contributed by atoms with Crippen molar-refractivity contribution in [3.63, 3.8) is 0 Å². The minimum Gasteiger partial charge on any atom is -0.405 e. The number of aromatic amines is 1. The predicted octanol–water partition coefficient (Wildman–Crippen LogP) is 3.55. The maximum atomic E-state index is 12.6. The molecule has 28 heavy (non-hydrogen) atoms. The summed E-state index contributed by atoms with van der Waals surface area (Å²) in [6, 6.07) is 5.93. The molecule has 1 atom stereocenters. The fraction of sp³-hybridized carbons (Fsp3) is 0.333. The maximum Gasteiger partial charge on any atom is 0.573 e. The van der Waals surface area contributed by atoms with Gasteiger partial charge in [0.1, 0.15) is 10.8 Å². The Morgan fingerprint density at radius 3 is 2.82 bits per heavy atom. The van der Waals surface area contributed by atoms with E-state index in [1.54, 1.807) is 12.1 Å². The van der Waals surface area contributed by atoms with Gasteiger partial charge in [0.05, 0.1) is 18.4 Å². The summed E-state index contributed by atoms with van der Waals surface area (Å²) in [6.45, 7) is 7.00. The molecule has 0 unspecified atom stereocenters. The van der Waals surface area contributed by atoms with Crippen molar-refractivity contribution in [3.05, 3.63) is 63.7 Å². The van der Waals surface area contributed by atoms with E-state index in [1.165, 1.54) is 18.3 Å². The number of alkyl halides is 3. The molecule has 6 nitrogen and oxygen atoms in total. The second-order valence-electron chi connectivity index (χ2n) is 6.48. The van der Waals surface area contributed by atoms with E-state index in [-0.39, 0.29) is 23.4 Å². The second-order valence-corrected chi connectivity index (χ2v) is 6.86. The van der Waals surface area contributed by atoms with Crippen LogP contribution in [0.2, 0.25) is 5.02 Å². The first-order valence-corrected chi connectivity index (χ1v) is 8.79. The molecular formula is C18H18ClF3N4O2. The number of aromatic nitrogens is 2. The average Bonchev–Trinajstić information content (AvgIpc) is 2.61. The molecule has 0 amide bonds. The Bertz CT molecular complexity index is 932. The number of piperazine rings is 1. The number of para-hydroxylation sites is 1. The summed E-state index contributed by atoms with van der Waals surface area (Å²) < 4.78 is 42.0. The zero-order valence-electron chi connectivity index (χ0n) is 15.0. The molecule has 1 aromatic carbocycles. The van der Waals surface area contributed by atoms with Crippen LogP contribution in [0.1, 0.15) is 12.5 Å². The van der Waals surface area contributed by atoms with Crippen molar-refractivity contribution >= 4 is 17.3 Å². The Hall–Kier alpha value is -2.68. The van der Waals surface area contributed by atoms with Crippen molar-refractivity contribution in [2.24, 2.45) is 0 Å². The number of anilines is 1. The van der Waals surface area contributed by atoms with Crippen LogP contribution < -0.4 is 15.2 Å². The highest BCUT2D eigenvalue weighted by molar-refractivity contribution is 6.33. The fourth-order valence-electron chi connectivity index (χ4n) is 3.14. The topological polar surface area (TPSA) is 61.5 Å². The molecule has 0 radical (unpaired) electrons. The standard InChI is InChI=1S/C18H18ClF3N4O2/c1-11-9-26(14-7-23-24-17(27)16(14)19)12(2)8-25(11)10-13-5-3-4-6-15(13)28-18(20,21)22/h3-7,12H,1,8-10H2,2H3,(H,24,27)/t12-/m1/s1. The Kier molecular flexibility index (Phi) is 5.55. The first kappa shape index (κ1) is 20.1. The number of ether oxygens (including phenoxy) is 1.